The van der Waals surface area contributed by atoms with Crippen LogP contribution in [0.15, 0.2) is 36.5 Å². The van der Waals surface area contributed by atoms with Crippen LogP contribution in [0, 0.1) is 5.41 Å². The van der Waals surface area contributed by atoms with Crippen LogP contribution in [-0.2, 0) is 4.79 Å². The summed E-state index contributed by atoms with van der Waals surface area (Å²) in [6.07, 6.45) is 3.10. The zero-order valence-corrected chi connectivity index (χ0v) is 11.2. The molecule has 1 aliphatic rings. The van der Waals surface area contributed by atoms with E-state index in [1.807, 2.05) is 44.2 Å². The van der Waals surface area contributed by atoms with Crippen molar-refractivity contribution in [2.24, 2.45) is 5.41 Å². The molecule has 0 saturated heterocycles. The number of hydrogen-bond donors (Lipinski definition) is 0. The first-order valence-corrected chi connectivity index (χ1v) is 6.68. The molecule has 1 heterocycles. The van der Waals surface area contributed by atoms with Crippen molar-refractivity contribution in [2.45, 2.75) is 32.8 Å². The summed E-state index contributed by atoms with van der Waals surface area (Å²) < 4.78 is 5.97. The van der Waals surface area contributed by atoms with Crippen molar-refractivity contribution < 1.29 is 9.53 Å². The number of carbonyl (C=O) groups is 1. The van der Waals surface area contributed by atoms with Gasteiger partial charge >= 0.3 is 0 Å². The predicted molar refractivity (Wildman–Crippen MR) is 74.2 cm³/mol. The zero-order chi connectivity index (χ0) is 13.5. The van der Waals surface area contributed by atoms with Gasteiger partial charge < -0.3 is 4.74 Å². The van der Waals surface area contributed by atoms with Crippen molar-refractivity contribution in [1.29, 1.82) is 0 Å². The molecule has 2 aromatic rings. The number of fused-ring (bicyclic) bond motifs is 1. The Balaban J connectivity index is 1.84. The molecule has 0 amide bonds. The molecule has 1 aromatic carbocycles. The van der Waals surface area contributed by atoms with Crippen LogP contribution < -0.4 is 4.74 Å². The van der Waals surface area contributed by atoms with Gasteiger partial charge in [-0.2, -0.15) is 0 Å². The number of rotatable bonds is 3. The van der Waals surface area contributed by atoms with E-state index >= 15 is 0 Å². The Hall–Kier alpha value is -1.90. The molecule has 0 radical (unpaired) electrons. The molecule has 3 rings (SSSR count). The quantitative estimate of drug-likeness (QED) is 0.844. The lowest BCUT2D eigenvalue weighted by Gasteiger charge is -2.44. The molecule has 1 aromatic heterocycles. The van der Waals surface area contributed by atoms with Crippen LogP contribution in [0.3, 0.4) is 0 Å². The minimum atomic E-state index is -0.320. The minimum absolute atomic E-state index is 0.00818. The molecule has 2 unspecified atom stereocenters. The topological polar surface area (TPSA) is 39.2 Å². The summed E-state index contributed by atoms with van der Waals surface area (Å²) in [5.41, 5.74) is 0.600. The van der Waals surface area contributed by atoms with Crippen LogP contribution in [0.25, 0.3) is 10.9 Å². The lowest BCUT2D eigenvalue weighted by Crippen LogP contribution is -2.54. The second-order valence-corrected chi connectivity index (χ2v) is 5.36. The van der Waals surface area contributed by atoms with Crippen molar-refractivity contribution in [3.05, 3.63) is 36.5 Å². The fourth-order valence-electron chi connectivity index (χ4n) is 2.56. The Morgan fingerprint density at radius 3 is 3.00 bits per heavy atom. The second-order valence-electron chi connectivity index (χ2n) is 5.36. The average Bonchev–Trinajstić information content (AvgIpc) is 2.46. The van der Waals surface area contributed by atoms with Crippen LogP contribution in [0.2, 0.25) is 0 Å². The molecule has 98 valence electrons. The van der Waals surface area contributed by atoms with Gasteiger partial charge in [-0.05, 0) is 31.5 Å². The molecule has 1 aliphatic carbocycles. The van der Waals surface area contributed by atoms with Crippen LogP contribution in [-0.4, -0.2) is 16.9 Å². The molecule has 0 N–H and O–H groups in total. The fourth-order valence-corrected chi connectivity index (χ4v) is 2.56. The molecular formula is C16H17NO2. The summed E-state index contributed by atoms with van der Waals surface area (Å²) in [4.78, 5) is 16.0. The first-order valence-electron chi connectivity index (χ1n) is 6.68. The summed E-state index contributed by atoms with van der Waals surface area (Å²) in [5, 5.41) is 1.10. The number of ether oxygens (including phenoxy) is 1. The Labute approximate surface area is 112 Å². The molecule has 19 heavy (non-hydrogen) atoms. The van der Waals surface area contributed by atoms with E-state index < -0.39 is 0 Å². The first kappa shape index (κ1) is 12.2. The van der Waals surface area contributed by atoms with E-state index in [1.54, 1.807) is 6.20 Å². The maximum atomic E-state index is 11.7. The average molecular weight is 255 g/mol. The number of pyridine rings is 1. The number of Topliss-reactive ketones (excluding diaryl/α,β-unsaturated/α-hetero) is 1. The van der Waals surface area contributed by atoms with E-state index in [1.165, 1.54) is 0 Å². The highest BCUT2D eigenvalue weighted by Gasteiger charge is 2.51. The lowest BCUT2D eigenvalue weighted by molar-refractivity contribution is -0.150. The smallest absolute Gasteiger partial charge is 0.146 e. The molecule has 1 saturated carbocycles. The van der Waals surface area contributed by atoms with Gasteiger partial charge in [-0.15, -0.1) is 0 Å². The predicted octanol–water partition coefficient (Wildman–Crippen LogP) is 3.37. The lowest BCUT2D eigenvalue weighted by atomic mass is 9.64. The highest BCUT2D eigenvalue weighted by molar-refractivity contribution is 5.92. The Morgan fingerprint density at radius 1 is 1.42 bits per heavy atom. The van der Waals surface area contributed by atoms with Crippen LogP contribution in [0.5, 0.6) is 5.75 Å². The summed E-state index contributed by atoms with van der Waals surface area (Å²) >= 11 is 0. The molecule has 0 spiro atoms. The minimum Gasteiger partial charge on any atom is -0.489 e. The molecular weight excluding hydrogens is 238 g/mol. The van der Waals surface area contributed by atoms with E-state index in [4.69, 9.17) is 4.74 Å². The number of hydrogen-bond acceptors (Lipinski definition) is 3. The van der Waals surface area contributed by atoms with Gasteiger partial charge in [-0.1, -0.05) is 13.0 Å². The molecule has 0 bridgehead atoms. The van der Waals surface area contributed by atoms with Gasteiger partial charge in [0.15, 0.2) is 0 Å². The van der Waals surface area contributed by atoms with Gasteiger partial charge in [0.1, 0.15) is 17.6 Å². The molecule has 0 aliphatic heterocycles. The van der Waals surface area contributed by atoms with Crippen molar-refractivity contribution in [1.82, 2.24) is 4.98 Å². The Bertz CT molecular complexity index is 637. The van der Waals surface area contributed by atoms with Crippen LogP contribution >= 0.6 is 0 Å². The second kappa shape index (κ2) is 4.34. The first-order chi connectivity index (χ1) is 9.13. The third kappa shape index (κ3) is 1.89. The summed E-state index contributed by atoms with van der Waals surface area (Å²) in [6.45, 7) is 4.03. The van der Waals surface area contributed by atoms with Crippen molar-refractivity contribution in [3.63, 3.8) is 0 Å². The van der Waals surface area contributed by atoms with Gasteiger partial charge in [0.25, 0.3) is 0 Å². The van der Waals surface area contributed by atoms with E-state index in [0.717, 1.165) is 23.1 Å². The molecule has 2 atom stereocenters. The van der Waals surface area contributed by atoms with Gasteiger partial charge in [0.05, 0.1) is 10.9 Å². The number of benzene rings is 1. The highest BCUT2D eigenvalue weighted by atomic mass is 16.5. The molecule has 3 nitrogen and oxygen atoms in total. The third-order valence-electron chi connectivity index (χ3n) is 4.31. The maximum Gasteiger partial charge on any atom is 0.146 e. The molecule has 3 heteroatoms. The van der Waals surface area contributed by atoms with Crippen molar-refractivity contribution in [2.75, 3.05) is 0 Å². The standard InChI is InChI=1S/C16H17NO2/c1-3-16(2)14(18)10-15(16)19-12-7-6-11-5-4-8-17-13(11)9-12/h4-9,15H,3,10H2,1-2H3. The van der Waals surface area contributed by atoms with Crippen molar-refractivity contribution >= 4 is 16.7 Å². The fraction of sp³-hybridized carbons (Fsp3) is 0.375. The number of nitrogens with zero attached hydrogens (tertiary/aromatic N) is 1. The van der Waals surface area contributed by atoms with E-state index in [0.29, 0.717) is 12.2 Å². The number of ketones is 1. The van der Waals surface area contributed by atoms with Crippen LogP contribution in [0.1, 0.15) is 26.7 Å². The van der Waals surface area contributed by atoms with Gasteiger partial charge in [-0.3, -0.25) is 9.78 Å². The summed E-state index contributed by atoms with van der Waals surface area (Å²) in [7, 11) is 0. The third-order valence-corrected chi connectivity index (χ3v) is 4.31. The van der Waals surface area contributed by atoms with Crippen LogP contribution in [0.4, 0.5) is 0 Å². The monoisotopic (exact) mass is 255 g/mol. The Kier molecular flexibility index (Phi) is 2.77. The maximum absolute atomic E-state index is 11.7. The van der Waals surface area contributed by atoms with E-state index in [2.05, 4.69) is 4.98 Å². The van der Waals surface area contributed by atoms with Gasteiger partial charge in [-0.25, -0.2) is 0 Å². The van der Waals surface area contributed by atoms with Gasteiger partial charge in [0, 0.05) is 24.1 Å². The SMILES string of the molecule is CCC1(C)C(=O)CC1Oc1ccc2cccnc2c1. The normalized spacial score (nSPS) is 26.2. The molecule has 1 fully saturated rings. The number of carbonyl (C=O) groups excluding carboxylic acids is 1. The number of aromatic nitrogens is 1. The Morgan fingerprint density at radius 2 is 2.26 bits per heavy atom. The van der Waals surface area contributed by atoms with Gasteiger partial charge in [0.2, 0.25) is 0 Å². The largest absolute Gasteiger partial charge is 0.489 e. The van der Waals surface area contributed by atoms with Crippen molar-refractivity contribution in [3.8, 4) is 5.75 Å². The summed E-state index contributed by atoms with van der Waals surface area (Å²) in [6, 6.07) is 9.83. The summed E-state index contributed by atoms with van der Waals surface area (Å²) in [5.74, 6) is 1.10. The highest BCUT2D eigenvalue weighted by Crippen LogP contribution is 2.42. The zero-order valence-electron chi connectivity index (χ0n) is 11.2. The van der Waals surface area contributed by atoms with E-state index in [9.17, 15) is 4.79 Å². The van der Waals surface area contributed by atoms with E-state index in [-0.39, 0.29) is 11.5 Å².